The fraction of sp³-hybridized carbons (Fsp3) is 0.550. The summed E-state index contributed by atoms with van der Waals surface area (Å²) in [5.74, 6) is -0.331. The highest BCUT2D eigenvalue weighted by Crippen LogP contribution is 2.58. The summed E-state index contributed by atoms with van der Waals surface area (Å²) in [4.78, 5) is 12.7. The van der Waals surface area contributed by atoms with E-state index in [0.717, 1.165) is 6.41 Å². The van der Waals surface area contributed by atoms with Crippen molar-refractivity contribution in [3.8, 4) is 11.5 Å². The van der Waals surface area contributed by atoms with Crippen LogP contribution < -0.4 is 9.47 Å². The molecule has 8 nitrogen and oxygen atoms in total. The van der Waals surface area contributed by atoms with E-state index in [1.807, 2.05) is 0 Å². The van der Waals surface area contributed by atoms with Gasteiger partial charge in [0.1, 0.15) is 0 Å². The molecule has 154 valence electrons. The number of hydrogen-bond donors (Lipinski definition) is 2. The first-order valence-electron chi connectivity index (χ1n) is 9.05. The van der Waals surface area contributed by atoms with Gasteiger partial charge in [0.15, 0.2) is 17.6 Å². The van der Waals surface area contributed by atoms with Crippen LogP contribution in [0.1, 0.15) is 17.5 Å². The zero-order valence-electron chi connectivity index (χ0n) is 16.5. The highest BCUT2D eigenvalue weighted by molar-refractivity contribution is 5.60. The Morgan fingerprint density at radius 2 is 2.00 bits per heavy atom. The lowest BCUT2D eigenvalue weighted by atomic mass is 9.64. The van der Waals surface area contributed by atoms with E-state index in [1.54, 1.807) is 31.3 Å². The van der Waals surface area contributed by atoms with E-state index in [0.29, 0.717) is 35.6 Å². The number of amides is 1. The summed E-state index contributed by atoms with van der Waals surface area (Å²) in [5.41, 5.74) is 0.247. The van der Waals surface area contributed by atoms with Crippen LogP contribution >= 0.6 is 0 Å². The molecule has 1 heterocycles. The number of carbonyl (C=O) groups is 1. The second-order valence-electron chi connectivity index (χ2n) is 7.10. The summed E-state index contributed by atoms with van der Waals surface area (Å²) < 4.78 is 23.2. The zero-order valence-corrected chi connectivity index (χ0v) is 16.5. The number of nitrogens with zero attached hydrogens (tertiary/aromatic N) is 1. The molecule has 1 unspecified atom stereocenters. The van der Waals surface area contributed by atoms with Gasteiger partial charge in [0, 0.05) is 33.4 Å². The van der Waals surface area contributed by atoms with E-state index < -0.39 is 23.4 Å². The molecule has 28 heavy (non-hydrogen) atoms. The number of methoxy groups -OCH3 is 3. The molecule has 1 aliphatic heterocycles. The number of fused-ring (bicyclic) bond motifs is 3. The standard InChI is InChI=1S/C20H27NO7/c1-21(12-23)10-9-19-15(24)7-8-20(26-3,27-4)18(19)28-17-14(25-2)6-5-13(11-22)16(17)19/h5-8,12,15,18,22,24H,9-11H2,1-4H3/t15?,18-,19+/m1/s1. The third kappa shape index (κ3) is 2.79. The minimum Gasteiger partial charge on any atom is -0.493 e. The summed E-state index contributed by atoms with van der Waals surface area (Å²) in [6, 6.07) is 3.47. The lowest BCUT2D eigenvalue weighted by Gasteiger charge is -2.48. The predicted molar refractivity (Wildman–Crippen MR) is 100 cm³/mol. The van der Waals surface area contributed by atoms with Crippen molar-refractivity contribution in [3.05, 3.63) is 35.4 Å². The number of benzene rings is 1. The Hall–Kier alpha value is -2.13. The van der Waals surface area contributed by atoms with Crippen LogP contribution in [0.3, 0.4) is 0 Å². The average Bonchev–Trinajstić information content (AvgIpc) is 3.10. The van der Waals surface area contributed by atoms with Crippen LogP contribution in [0.4, 0.5) is 0 Å². The molecule has 1 aliphatic carbocycles. The van der Waals surface area contributed by atoms with Crippen molar-refractivity contribution in [2.45, 2.75) is 36.4 Å². The Bertz CT molecular complexity index is 761. The van der Waals surface area contributed by atoms with Gasteiger partial charge in [0.05, 0.1) is 25.2 Å². The molecule has 0 fully saturated rings. The fourth-order valence-electron chi connectivity index (χ4n) is 4.36. The van der Waals surface area contributed by atoms with Gasteiger partial charge in [-0.2, -0.15) is 0 Å². The number of hydrogen-bond acceptors (Lipinski definition) is 7. The van der Waals surface area contributed by atoms with Gasteiger partial charge < -0.3 is 34.1 Å². The smallest absolute Gasteiger partial charge is 0.226 e. The fourth-order valence-corrected chi connectivity index (χ4v) is 4.36. The van der Waals surface area contributed by atoms with Crippen molar-refractivity contribution in [1.82, 2.24) is 4.90 Å². The minimum atomic E-state index is -1.25. The molecule has 1 aromatic carbocycles. The Labute approximate surface area is 164 Å². The first kappa shape index (κ1) is 20.6. The van der Waals surface area contributed by atoms with Crippen molar-refractivity contribution < 1.29 is 34.0 Å². The van der Waals surface area contributed by atoms with Crippen molar-refractivity contribution >= 4 is 6.41 Å². The minimum absolute atomic E-state index is 0.239. The molecule has 0 spiro atoms. The van der Waals surface area contributed by atoms with Crippen LogP contribution in [0, 0.1) is 0 Å². The molecule has 2 aliphatic rings. The molecule has 0 bridgehead atoms. The summed E-state index contributed by atoms with van der Waals surface area (Å²) >= 11 is 0. The molecule has 0 aromatic heterocycles. The highest BCUT2D eigenvalue weighted by atomic mass is 16.7. The predicted octanol–water partition coefficient (Wildman–Crippen LogP) is 0.584. The van der Waals surface area contributed by atoms with E-state index >= 15 is 0 Å². The van der Waals surface area contributed by atoms with Gasteiger partial charge in [0.25, 0.3) is 0 Å². The third-order valence-electron chi connectivity index (χ3n) is 5.87. The van der Waals surface area contributed by atoms with Crippen LogP contribution in [-0.2, 0) is 26.3 Å². The highest BCUT2D eigenvalue weighted by Gasteiger charge is 2.64. The van der Waals surface area contributed by atoms with Crippen molar-refractivity contribution in [2.24, 2.45) is 0 Å². The lowest BCUT2D eigenvalue weighted by Crippen LogP contribution is -2.63. The largest absolute Gasteiger partial charge is 0.493 e. The maximum atomic E-state index is 11.2. The first-order chi connectivity index (χ1) is 13.4. The monoisotopic (exact) mass is 393 g/mol. The lowest BCUT2D eigenvalue weighted by molar-refractivity contribution is -0.242. The van der Waals surface area contributed by atoms with Gasteiger partial charge in [-0.25, -0.2) is 0 Å². The van der Waals surface area contributed by atoms with Gasteiger partial charge >= 0.3 is 0 Å². The molecule has 0 saturated heterocycles. The number of rotatable bonds is 8. The molecule has 1 aromatic rings. The zero-order chi connectivity index (χ0) is 20.5. The van der Waals surface area contributed by atoms with E-state index in [4.69, 9.17) is 18.9 Å². The molecule has 3 atom stereocenters. The molecular formula is C20H27NO7. The maximum absolute atomic E-state index is 11.2. The molecule has 2 N–H and O–H groups in total. The molecule has 3 rings (SSSR count). The van der Waals surface area contributed by atoms with Crippen LogP contribution in [0.15, 0.2) is 24.3 Å². The van der Waals surface area contributed by atoms with Crippen LogP contribution in [0.5, 0.6) is 11.5 Å². The number of carbonyl (C=O) groups excluding carboxylic acids is 1. The van der Waals surface area contributed by atoms with E-state index in [-0.39, 0.29) is 6.61 Å². The van der Waals surface area contributed by atoms with Crippen LogP contribution in [-0.4, -0.2) is 74.4 Å². The Balaban J connectivity index is 2.27. The number of aliphatic hydroxyl groups excluding tert-OH is 2. The van der Waals surface area contributed by atoms with Crippen molar-refractivity contribution in [1.29, 1.82) is 0 Å². The van der Waals surface area contributed by atoms with Crippen molar-refractivity contribution in [2.75, 3.05) is 34.9 Å². The molecular weight excluding hydrogens is 366 g/mol. The number of aliphatic hydroxyl groups is 2. The molecule has 0 saturated carbocycles. The third-order valence-corrected chi connectivity index (χ3v) is 5.87. The molecule has 1 amide bonds. The van der Waals surface area contributed by atoms with Gasteiger partial charge in [-0.1, -0.05) is 12.1 Å². The normalized spacial score (nSPS) is 26.9. The topological polar surface area (TPSA) is 97.7 Å². The van der Waals surface area contributed by atoms with Crippen LogP contribution in [0.25, 0.3) is 0 Å². The van der Waals surface area contributed by atoms with E-state index in [9.17, 15) is 15.0 Å². The Kier molecular flexibility index (Phi) is 5.67. The summed E-state index contributed by atoms with van der Waals surface area (Å²) in [5, 5.41) is 21.2. The first-order valence-corrected chi connectivity index (χ1v) is 9.05. The van der Waals surface area contributed by atoms with Crippen molar-refractivity contribution in [3.63, 3.8) is 0 Å². The molecule has 0 radical (unpaired) electrons. The van der Waals surface area contributed by atoms with Gasteiger partial charge in [-0.3, -0.25) is 4.79 Å². The van der Waals surface area contributed by atoms with E-state index in [1.165, 1.54) is 26.2 Å². The summed E-state index contributed by atoms with van der Waals surface area (Å²) in [7, 11) is 6.20. The maximum Gasteiger partial charge on any atom is 0.226 e. The quantitative estimate of drug-likeness (QED) is 0.379. The van der Waals surface area contributed by atoms with Gasteiger partial charge in [-0.15, -0.1) is 0 Å². The van der Waals surface area contributed by atoms with Gasteiger partial charge in [0.2, 0.25) is 12.2 Å². The average molecular weight is 393 g/mol. The summed E-state index contributed by atoms with van der Waals surface area (Å²) in [6.07, 6.45) is 2.64. The second-order valence-corrected chi connectivity index (χ2v) is 7.10. The van der Waals surface area contributed by atoms with E-state index in [2.05, 4.69) is 0 Å². The SMILES string of the molecule is COc1ccc(CO)c2c1O[C@H]1C(OC)(OC)C=CC(O)[C@@]21CCN(C)C=O. The van der Waals surface area contributed by atoms with Crippen LogP contribution in [0.2, 0.25) is 0 Å². The van der Waals surface area contributed by atoms with Gasteiger partial charge in [-0.05, 0) is 24.1 Å². The summed E-state index contributed by atoms with van der Waals surface area (Å²) in [6.45, 7) is 0.121. The Morgan fingerprint density at radius 1 is 1.29 bits per heavy atom. The second kappa shape index (κ2) is 7.71. The Morgan fingerprint density at radius 3 is 2.57 bits per heavy atom. The number of ether oxygens (including phenoxy) is 4. The molecule has 8 heteroatoms.